The largest absolute Gasteiger partial charge is 0.508 e. The van der Waals surface area contributed by atoms with Gasteiger partial charge in [0, 0.05) is 0 Å². The van der Waals surface area contributed by atoms with E-state index in [1.807, 2.05) is 18.2 Å². The number of phenols is 1. The van der Waals surface area contributed by atoms with Crippen LogP contribution in [0.5, 0.6) is 5.75 Å². The number of aromatic hydroxyl groups is 1. The highest BCUT2D eigenvalue weighted by Crippen LogP contribution is 2.29. The summed E-state index contributed by atoms with van der Waals surface area (Å²) in [4.78, 5) is 8.35. The fraction of sp³-hybridized carbons (Fsp3) is 0.188. The standard InChI is InChI=1S/C15H16O.CHNO/c1-11(2)14-5-3-4-6-15(14)12-7-9-13(16)10-8-12;2-1-3/h3-11,16H,1-2H3;2H. The quantitative estimate of drug-likeness (QED) is 0.627. The molecule has 0 saturated carbocycles. The second-order valence-corrected chi connectivity index (χ2v) is 4.39. The smallest absolute Gasteiger partial charge is 0.231 e. The van der Waals surface area contributed by atoms with Gasteiger partial charge in [-0.15, -0.1) is 0 Å². The molecule has 2 N–H and O–H groups in total. The van der Waals surface area contributed by atoms with Crippen molar-refractivity contribution in [1.29, 1.82) is 5.41 Å². The number of rotatable bonds is 2. The third-order valence-corrected chi connectivity index (χ3v) is 2.76. The zero-order valence-corrected chi connectivity index (χ0v) is 11.1. The van der Waals surface area contributed by atoms with Crippen LogP contribution in [0.1, 0.15) is 25.3 Å². The van der Waals surface area contributed by atoms with E-state index in [0.717, 1.165) is 11.6 Å². The van der Waals surface area contributed by atoms with Gasteiger partial charge in [-0.1, -0.05) is 50.2 Å². The summed E-state index contributed by atoms with van der Waals surface area (Å²) in [5, 5.41) is 14.7. The molecule has 0 radical (unpaired) electrons. The van der Waals surface area contributed by atoms with Gasteiger partial charge in [0.15, 0.2) is 0 Å². The Balaban J connectivity index is 0.000000550. The van der Waals surface area contributed by atoms with E-state index in [1.54, 1.807) is 12.1 Å². The van der Waals surface area contributed by atoms with Crippen LogP contribution in [0.4, 0.5) is 0 Å². The van der Waals surface area contributed by atoms with Crippen molar-refractivity contribution in [2.45, 2.75) is 19.8 Å². The lowest BCUT2D eigenvalue weighted by molar-refractivity contribution is 0.475. The Morgan fingerprint density at radius 2 is 1.58 bits per heavy atom. The highest BCUT2D eigenvalue weighted by atomic mass is 16.3. The van der Waals surface area contributed by atoms with Crippen LogP contribution >= 0.6 is 0 Å². The second-order valence-electron chi connectivity index (χ2n) is 4.39. The highest BCUT2D eigenvalue weighted by Gasteiger charge is 2.07. The van der Waals surface area contributed by atoms with Crippen molar-refractivity contribution in [3.63, 3.8) is 0 Å². The number of benzene rings is 2. The SMILES string of the molecule is CC(C)c1ccccc1-c1ccc(O)cc1.N=C=O. The van der Waals surface area contributed by atoms with Crippen LogP contribution in [-0.4, -0.2) is 11.2 Å². The molecule has 0 aromatic heterocycles. The van der Waals surface area contributed by atoms with Crippen molar-refractivity contribution in [3.05, 3.63) is 54.1 Å². The fourth-order valence-electron chi connectivity index (χ4n) is 1.90. The molecule has 0 saturated heterocycles. The highest BCUT2D eigenvalue weighted by molar-refractivity contribution is 5.68. The van der Waals surface area contributed by atoms with Crippen molar-refractivity contribution in [2.75, 3.05) is 0 Å². The van der Waals surface area contributed by atoms with Gasteiger partial charge in [-0.3, -0.25) is 0 Å². The molecular formula is C16H17NO2. The molecule has 0 aliphatic heterocycles. The molecule has 2 rings (SSSR count). The molecule has 98 valence electrons. The summed E-state index contributed by atoms with van der Waals surface area (Å²) in [6.45, 7) is 4.39. The Kier molecular flexibility index (Phi) is 5.52. The topological polar surface area (TPSA) is 61.1 Å². The van der Waals surface area contributed by atoms with E-state index in [2.05, 4.69) is 32.0 Å². The number of isocyanates is 1. The lowest BCUT2D eigenvalue weighted by Gasteiger charge is -2.12. The zero-order valence-electron chi connectivity index (χ0n) is 11.1. The maximum atomic E-state index is 9.28. The van der Waals surface area contributed by atoms with Crippen molar-refractivity contribution < 1.29 is 9.90 Å². The molecule has 0 bridgehead atoms. The number of hydrogen-bond donors (Lipinski definition) is 2. The van der Waals surface area contributed by atoms with Crippen LogP contribution in [-0.2, 0) is 4.79 Å². The van der Waals surface area contributed by atoms with E-state index < -0.39 is 0 Å². The molecule has 0 spiro atoms. The number of hydrogen-bond acceptors (Lipinski definition) is 3. The summed E-state index contributed by atoms with van der Waals surface area (Å²) in [5.41, 5.74) is 3.74. The summed E-state index contributed by atoms with van der Waals surface area (Å²) in [5.74, 6) is 0.816. The summed E-state index contributed by atoms with van der Waals surface area (Å²) in [6, 6.07) is 15.8. The maximum absolute atomic E-state index is 9.28. The first-order chi connectivity index (χ1) is 9.10. The lowest BCUT2D eigenvalue weighted by Crippen LogP contribution is -1.91. The number of nitrogens with one attached hydrogen (secondary N) is 1. The maximum Gasteiger partial charge on any atom is 0.231 e. The Hall–Kier alpha value is -2.38. The van der Waals surface area contributed by atoms with Crippen LogP contribution in [0.3, 0.4) is 0 Å². The molecule has 3 heteroatoms. The normalized spacial score (nSPS) is 9.42. The predicted molar refractivity (Wildman–Crippen MR) is 76.0 cm³/mol. The van der Waals surface area contributed by atoms with Crippen molar-refractivity contribution in [2.24, 2.45) is 0 Å². The Morgan fingerprint density at radius 3 is 2.11 bits per heavy atom. The van der Waals surface area contributed by atoms with E-state index in [1.165, 1.54) is 11.1 Å². The first-order valence-electron chi connectivity index (χ1n) is 6.02. The van der Waals surface area contributed by atoms with Gasteiger partial charge in [0.25, 0.3) is 0 Å². The molecule has 0 unspecified atom stereocenters. The Morgan fingerprint density at radius 1 is 1.05 bits per heavy atom. The molecule has 0 heterocycles. The molecule has 3 nitrogen and oxygen atoms in total. The Bertz CT molecular complexity index is 553. The fourth-order valence-corrected chi connectivity index (χ4v) is 1.90. The van der Waals surface area contributed by atoms with Crippen molar-refractivity contribution in [1.82, 2.24) is 0 Å². The minimum Gasteiger partial charge on any atom is -0.508 e. The predicted octanol–water partition coefficient (Wildman–Crippen LogP) is 4.08. The van der Waals surface area contributed by atoms with Crippen molar-refractivity contribution >= 4 is 6.08 Å². The molecule has 0 aliphatic rings. The molecule has 0 aliphatic carbocycles. The summed E-state index contributed by atoms with van der Waals surface area (Å²) in [6.07, 6.45) is 0.750. The minimum atomic E-state index is 0.311. The van der Waals surface area contributed by atoms with Crippen LogP contribution in [0.15, 0.2) is 48.5 Å². The average molecular weight is 255 g/mol. The van der Waals surface area contributed by atoms with Gasteiger partial charge in [0.05, 0.1) is 0 Å². The van der Waals surface area contributed by atoms with Gasteiger partial charge in [-0.05, 0) is 34.7 Å². The molecule has 0 fully saturated rings. The first-order valence-corrected chi connectivity index (χ1v) is 6.02. The van der Waals surface area contributed by atoms with Crippen LogP contribution in [0.25, 0.3) is 11.1 Å². The van der Waals surface area contributed by atoms with Crippen LogP contribution < -0.4 is 0 Å². The molecule has 2 aromatic carbocycles. The molecule has 19 heavy (non-hydrogen) atoms. The van der Waals surface area contributed by atoms with Gasteiger partial charge >= 0.3 is 0 Å². The first kappa shape index (κ1) is 14.7. The molecular weight excluding hydrogens is 238 g/mol. The Labute approximate surface area is 113 Å². The summed E-state index contributed by atoms with van der Waals surface area (Å²) < 4.78 is 0. The van der Waals surface area contributed by atoms with Gasteiger partial charge in [-0.25, -0.2) is 10.2 Å². The van der Waals surface area contributed by atoms with Crippen LogP contribution in [0.2, 0.25) is 0 Å². The van der Waals surface area contributed by atoms with E-state index in [0.29, 0.717) is 11.7 Å². The zero-order chi connectivity index (χ0) is 14.3. The van der Waals surface area contributed by atoms with Gasteiger partial charge in [-0.2, -0.15) is 0 Å². The summed E-state index contributed by atoms with van der Waals surface area (Å²) >= 11 is 0. The number of carbonyl (C=O) groups excluding carboxylic acids is 1. The summed E-state index contributed by atoms with van der Waals surface area (Å²) in [7, 11) is 0. The number of phenolic OH excluding ortho intramolecular Hbond substituents is 1. The van der Waals surface area contributed by atoms with E-state index in [-0.39, 0.29) is 0 Å². The molecule has 0 atom stereocenters. The van der Waals surface area contributed by atoms with E-state index in [4.69, 9.17) is 10.2 Å². The van der Waals surface area contributed by atoms with Crippen LogP contribution in [0, 0.1) is 5.41 Å². The van der Waals surface area contributed by atoms with Gasteiger partial charge < -0.3 is 5.11 Å². The van der Waals surface area contributed by atoms with E-state index >= 15 is 0 Å². The third-order valence-electron chi connectivity index (χ3n) is 2.76. The molecule has 0 amide bonds. The average Bonchev–Trinajstić information content (AvgIpc) is 2.40. The van der Waals surface area contributed by atoms with Gasteiger partial charge in [0.2, 0.25) is 6.08 Å². The minimum absolute atomic E-state index is 0.311. The van der Waals surface area contributed by atoms with E-state index in [9.17, 15) is 5.11 Å². The second kappa shape index (κ2) is 7.14. The van der Waals surface area contributed by atoms with Gasteiger partial charge in [0.1, 0.15) is 5.75 Å². The molecule has 2 aromatic rings. The lowest BCUT2D eigenvalue weighted by atomic mass is 9.93. The monoisotopic (exact) mass is 255 g/mol. The van der Waals surface area contributed by atoms with Crippen molar-refractivity contribution in [3.8, 4) is 16.9 Å². The third kappa shape index (κ3) is 4.09.